The molecule has 6 nitrogen and oxygen atoms in total. The van der Waals surface area contributed by atoms with Crippen molar-refractivity contribution in [2.75, 3.05) is 19.0 Å². The highest BCUT2D eigenvalue weighted by molar-refractivity contribution is 6.01. The average Bonchev–Trinajstić information content (AvgIpc) is 3.10. The summed E-state index contributed by atoms with van der Waals surface area (Å²) in [5.41, 5.74) is 1.46. The van der Waals surface area contributed by atoms with Crippen LogP contribution in [0.15, 0.2) is 41.0 Å². The highest BCUT2D eigenvalue weighted by Crippen LogP contribution is 2.34. The molecule has 1 unspecified atom stereocenters. The Bertz CT molecular complexity index is 725. The number of ether oxygens (including phenoxy) is 1. The van der Waals surface area contributed by atoms with Crippen molar-refractivity contribution in [3.63, 3.8) is 0 Å². The smallest absolute Gasteiger partial charge is 0.228 e. The van der Waals surface area contributed by atoms with Crippen LogP contribution < -0.4 is 15.4 Å². The molecule has 1 atom stereocenters. The minimum absolute atomic E-state index is 0.140. The number of hydrogen-bond acceptors (Lipinski definition) is 4. The van der Waals surface area contributed by atoms with E-state index in [-0.39, 0.29) is 18.2 Å². The lowest BCUT2D eigenvalue weighted by molar-refractivity contribution is -0.126. The lowest BCUT2D eigenvalue weighted by Crippen LogP contribution is -2.35. The number of furan rings is 1. The van der Waals surface area contributed by atoms with E-state index < -0.39 is 5.92 Å². The van der Waals surface area contributed by atoms with Gasteiger partial charge in [-0.15, -0.1) is 0 Å². The molecule has 0 saturated carbocycles. The zero-order valence-electron chi connectivity index (χ0n) is 13.5. The van der Waals surface area contributed by atoms with Gasteiger partial charge in [0.05, 0.1) is 19.3 Å². The van der Waals surface area contributed by atoms with Crippen LogP contribution in [0.3, 0.4) is 0 Å². The van der Waals surface area contributed by atoms with Crippen molar-refractivity contribution in [3.8, 4) is 5.75 Å². The fourth-order valence-electron chi connectivity index (χ4n) is 2.85. The van der Waals surface area contributed by atoms with Crippen LogP contribution in [0, 0.1) is 0 Å². The van der Waals surface area contributed by atoms with E-state index in [9.17, 15) is 9.59 Å². The predicted molar refractivity (Wildman–Crippen MR) is 89.0 cm³/mol. The number of rotatable bonds is 6. The second-order valence-electron chi connectivity index (χ2n) is 5.73. The zero-order chi connectivity index (χ0) is 16.9. The highest BCUT2D eigenvalue weighted by Gasteiger charge is 2.30. The molecule has 0 radical (unpaired) electrons. The van der Waals surface area contributed by atoms with E-state index in [1.54, 1.807) is 25.5 Å². The third-order valence-corrected chi connectivity index (χ3v) is 4.09. The number of benzene rings is 1. The van der Waals surface area contributed by atoms with Crippen molar-refractivity contribution >= 4 is 17.5 Å². The summed E-state index contributed by atoms with van der Waals surface area (Å²) in [6.07, 6.45) is 3.33. The van der Waals surface area contributed by atoms with E-state index in [2.05, 4.69) is 10.6 Å². The van der Waals surface area contributed by atoms with Crippen molar-refractivity contribution < 1.29 is 18.7 Å². The molecule has 1 aliphatic rings. The molecule has 3 rings (SSSR count). The van der Waals surface area contributed by atoms with Crippen LogP contribution in [0.5, 0.6) is 5.75 Å². The van der Waals surface area contributed by atoms with E-state index in [4.69, 9.17) is 9.15 Å². The number of amides is 2. The number of anilines is 1. The van der Waals surface area contributed by atoms with Gasteiger partial charge in [0, 0.05) is 25.1 Å². The molecule has 0 spiro atoms. The normalized spacial score (nSPS) is 16.2. The molecule has 0 aliphatic carbocycles. The van der Waals surface area contributed by atoms with Gasteiger partial charge in [-0.05, 0) is 42.3 Å². The molecule has 1 aromatic carbocycles. The number of nitrogens with one attached hydrogen (secondary N) is 2. The quantitative estimate of drug-likeness (QED) is 0.798. The third-order valence-electron chi connectivity index (χ3n) is 4.09. The van der Waals surface area contributed by atoms with E-state index >= 15 is 0 Å². The van der Waals surface area contributed by atoms with E-state index in [0.29, 0.717) is 18.0 Å². The van der Waals surface area contributed by atoms with Crippen LogP contribution in [0.25, 0.3) is 0 Å². The summed E-state index contributed by atoms with van der Waals surface area (Å²) in [4.78, 5) is 24.4. The molecule has 2 aromatic rings. The van der Waals surface area contributed by atoms with Crippen LogP contribution >= 0.6 is 0 Å². The van der Waals surface area contributed by atoms with Gasteiger partial charge in [0.15, 0.2) is 0 Å². The molecular weight excluding hydrogens is 308 g/mol. The second kappa shape index (κ2) is 7.21. The summed E-state index contributed by atoms with van der Waals surface area (Å²) in [5.74, 6) is 0.784. The molecule has 2 amide bonds. The Labute approximate surface area is 140 Å². The van der Waals surface area contributed by atoms with Gasteiger partial charge in [0.2, 0.25) is 11.8 Å². The standard InChI is InChI=1S/C18H20N2O4/c1-23-13-6-7-16-14(10-13)15(11-17(21)20-16)18(22)19-8-2-4-12-5-3-9-24-12/h3,5-7,9-10,15H,2,4,8,11H2,1H3,(H,19,22)(H,20,21). The van der Waals surface area contributed by atoms with Gasteiger partial charge < -0.3 is 19.8 Å². The van der Waals surface area contributed by atoms with Gasteiger partial charge in [-0.25, -0.2) is 0 Å². The van der Waals surface area contributed by atoms with Crippen molar-refractivity contribution in [2.45, 2.75) is 25.2 Å². The highest BCUT2D eigenvalue weighted by atomic mass is 16.5. The molecule has 1 aliphatic heterocycles. The Hall–Kier alpha value is -2.76. The molecule has 2 N–H and O–H groups in total. The number of aryl methyl sites for hydroxylation is 1. The van der Waals surface area contributed by atoms with Gasteiger partial charge in [-0.1, -0.05) is 0 Å². The summed E-state index contributed by atoms with van der Waals surface area (Å²) < 4.78 is 10.5. The van der Waals surface area contributed by atoms with Crippen LogP contribution in [-0.2, 0) is 16.0 Å². The maximum atomic E-state index is 12.5. The van der Waals surface area contributed by atoms with Gasteiger partial charge in [-0.3, -0.25) is 9.59 Å². The van der Waals surface area contributed by atoms with Crippen molar-refractivity contribution in [1.29, 1.82) is 0 Å². The number of fused-ring (bicyclic) bond motifs is 1. The Morgan fingerprint density at radius 2 is 2.29 bits per heavy atom. The Kier molecular flexibility index (Phi) is 4.84. The molecular formula is C18H20N2O4. The second-order valence-corrected chi connectivity index (χ2v) is 5.73. The maximum Gasteiger partial charge on any atom is 0.228 e. The predicted octanol–water partition coefficient (Wildman–Crippen LogP) is 2.46. The lowest BCUT2D eigenvalue weighted by Gasteiger charge is -2.25. The summed E-state index contributed by atoms with van der Waals surface area (Å²) in [7, 11) is 1.58. The molecule has 0 fully saturated rings. The fourth-order valence-corrected chi connectivity index (χ4v) is 2.85. The summed E-state index contributed by atoms with van der Waals surface area (Å²) in [6.45, 7) is 0.539. The lowest BCUT2D eigenvalue weighted by atomic mass is 9.89. The third kappa shape index (κ3) is 3.59. The molecule has 126 valence electrons. The number of carbonyl (C=O) groups excluding carboxylic acids is 2. The SMILES string of the molecule is COc1ccc2c(c1)C(C(=O)NCCCc1ccco1)CC(=O)N2. The van der Waals surface area contributed by atoms with Gasteiger partial charge in [0.1, 0.15) is 11.5 Å². The minimum Gasteiger partial charge on any atom is -0.497 e. The molecule has 0 saturated heterocycles. The number of methoxy groups -OCH3 is 1. The first-order valence-corrected chi connectivity index (χ1v) is 7.95. The first-order chi connectivity index (χ1) is 11.7. The Balaban J connectivity index is 1.63. The summed E-state index contributed by atoms with van der Waals surface area (Å²) in [5, 5.41) is 5.71. The zero-order valence-corrected chi connectivity index (χ0v) is 13.5. The molecule has 24 heavy (non-hydrogen) atoms. The molecule has 1 aromatic heterocycles. The largest absolute Gasteiger partial charge is 0.497 e. The fraction of sp³-hybridized carbons (Fsp3) is 0.333. The van der Waals surface area contributed by atoms with Gasteiger partial charge in [0.25, 0.3) is 0 Å². The molecule has 6 heteroatoms. The van der Waals surface area contributed by atoms with Crippen molar-refractivity contribution in [3.05, 3.63) is 47.9 Å². The number of hydrogen-bond donors (Lipinski definition) is 2. The van der Waals surface area contributed by atoms with Crippen molar-refractivity contribution in [2.24, 2.45) is 0 Å². The maximum absolute atomic E-state index is 12.5. The van der Waals surface area contributed by atoms with Crippen LogP contribution in [0.2, 0.25) is 0 Å². The minimum atomic E-state index is -0.493. The number of carbonyl (C=O) groups is 2. The Morgan fingerprint density at radius 1 is 1.42 bits per heavy atom. The molecule has 0 bridgehead atoms. The van der Waals surface area contributed by atoms with Gasteiger partial charge >= 0.3 is 0 Å². The first kappa shape index (κ1) is 16.1. The van der Waals surface area contributed by atoms with Gasteiger partial charge in [-0.2, -0.15) is 0 Å². The average molecular weight is 328 g/mol. The summed E-state index contributed by atoms with van der Waals surface area (Å²) >= 11 is 0. The molecule has 2 heterocycles. The van der Waals surface area contributed by atoms with Crippen molar-refractivity contribution in [1.82, 2.24) is 5.32 Å². The Morgan fingerprint density at radius 3 is 3.04 bits per heavy atom. The van der Waals surface area contributed by atoms with E-state index in [0.717, 1.165) is 24.2 Å². The van der Waals surface area contributed by atoms with Crippen LogP contribution in [-0.4, -0.2) is 25.5 Å². The van der Waals surface area contributed by atoms with E-state index in [1.807, 2.05) is 18.2 Å². The van der Waals surface area contributed by atoms with E-state index in [1.165, 1.54) is 0 Å². The monoisotopic (exact) mass is 328 g/mol. The topological polar surface area (TPSA) is 80.6 Å². The van der Waals surface area contributed by atoms with Crippen LogP contribution in [0.1, 0.15) is 30.1 Å². The summed E-state index contributed by atoms with van der Waals surface area (Å²) in [6, 6.07) is 9.10. The van der Waals surface area contributed by atoms with Crippen LogP contribution in [0.4, 0.5) is 5.69 Å². The first-order valence-electron chi connectivity index (χ1n) is 7.95.